The molecule has 0 aromatic carbocycles. The fourth-order valence-electron chi connectivity index (χ4n) is 8.32. The Hall–Kier alpha value is -2.14. The smallest absolute Gasteiger partial charge is 0.306 e. The third kappa shape index (κ3) is 52.5. The third-order valence-electron chi connectivity index (χ3n) is 12.6. The summed E-state index contributed by atoms with van der Waals surface area (Å²) < 4.78 is 10.7. The van der Waals surface area contributed by atoms with Gasteiger partial charge < -0.3 is 14.6 Å². The summed E-state index contributed by atoms with van der Waals surface area (Å²) in [7, 11) is 0. The number of allylic oxidation sites excluding steroid dienone is 8. The molecule has 64 heavy (non-hydrogen) atoms. The van der Waals surface area contributed by atoms with Crippen LogP contribution in [0.2, 0.25) is 0 Å². The van der Waals surface area contributed by atoms with Crippen LogP contribution in [0.3, 0.4) is 0 Å². The molecule has 0 bridgehead atoms. The topological polar surface area (TPSA) is 72.8 Å². The van der Waals surface area contributed by atoms with E-state index in [2.05, 4.69) is 62.5 Å². The van der Waals surface area contributed by atoms with Gasteiger partial charge >= 0.3 is 11.9 Å². The highest BCUT2D eigenvalue weighted by molar-refractivity contribution is 5.70. The van der Waals surface area contributed by atoms with E-state index in [0.29, 0.717) is 12.8 Å². The van der Waals surface area contributed by atoms with E-state index >= 15 is 0 Å². The van der Waals surface area contributed by atoms with Gasteiger partial charge in [0.15, 0.2) is 6.10 Å². The molecule has 0 saturated heterocycles. The second-order valence-electron chi connectivity index (χ2n) is 19.0. The second kappa shape index (κ2) is 55.2. The van der Waals surface area contributed by atoms with Crippen molar-refractivity contribution in [2.75, 3.05) is 13.2 Å². The summed E-state index contributed by atoms with van der Waals surface area (Å²) in [5.74, 6) is -0.594. The number of unbranched alkanes of at least 4 members (excludes halogenated alkanes) is 36. The van der Waals surface area contributed by atoms with Crippen molar-refractivity contribution in [1.82, 2.24) is 0 Å². The van der Waals surface area contributed by atoms with Gasteiger partial charge in [0.05, 0.1) is 6.61 Å². The van der Waals surface area contributed by atoms with E-state index in [9.17, 15) is 14.7 Å². The predicted molar refractivity (Wildman–Crippen MR) is 279 cm³/mol. The van der Waals surface area contributed by atoms with E-state index in [4.69, 9.17) is 9.47 Å². The molecular formula is C59H108O5. The van der Waals surface area contributed by atoms with Crippen molar-refractivity contribution in [3.05, 3.63) is 48.6 Å². The highest BCUT2D eigenvalue weighted by Gasteiger charge is 2.16. The molecule has 5 nitrogen and oxygen atoms in total. The van der Waals surface area contributed by atoms with Crippen molar-refractivity contribution >= 4 is 11.9 Å². The fourth-order valence-corrected chi connectivity index (χ4v) is 8.32. The van der Waals surface area contributed by atoms with E-state index in [1.165, 1.54) is 212 Å². The standard InChI is InChI=1S/C59H108O5/c1-3-5-7-9-11-13-15-17-19-21-23-25-26-27-28-29-30-31-32-34-35-37-39-41-43-45-47-49-51-53-58(61)63-56-57(55-60)64-59(62)54-52-50-48-46-44-42-40-38-36-33-24-22-20-18-16-14-12-10-8-6-4-2/h16,18,21-24,36,38,57,60H,3-15,17,19-20,25-35,37,39-56H2,1-2H3/b18-16-,23-21-,24-22-,38-36-. The minimum Gasteiger partial charge on any atom is -0.462 e. The fraction of sp³-hybridized carbons (Fsp3) is 0.831. The van der Waals surface area contributed by atoms with Gasteiger partial charge in [0.25, 0.3) is 0 Å². The Morgan fingerprint density at radius 1 is 0.359 bits per heavy atom. The molecular weight excluding hydrogens is 789 g/mol. The molecule has 0 amide bonds. The van der Waals surface area contributed by atoms with Crippen LogP contribution in [0.25, 0.3) is 0 Å². The molecule has 0 rings (SSSR count). The van der Waals surface area contributed by atoms with Crippen LogP contribution in [0.5, 0.6) is 0 Å². The van der Waals surface area contributed by atoms with Crippen molar-refractivity contribution in [2.45, 2.75) is 302 Å². The number of carbonyl (C=O) groups excluding carboxylic acids is 2. The molecule has 0 fully saturated rings. The lowest BCUT2D eigenvalue weighted by Crippen LogP contribution is -2.28. The van der Waals surface area contributed by atoms with E-state index in [-0.39, 0.29) is 25.2 Å². The number of carbonyl (C=O) groups is 2. The average molecular weight is 898 g/mol. The number of aliphatic hydroxyl groups excluding tert-OH is 1. The maximum Gasteiger partial charge on any atom is 0.306 e. The van der Waals surface area contributed by atoms with Crippen molar-refractivity contribution in [3.8, 4) is 0 Å². The SMILES string of the molecule is CCCCCCC/C=C\C/C=C\C/C=C\CCCCCCCCC(=O)OC(CO)COC(=O)CCCCCCCCCCCCCCCCCCC/C=C\CCCCCCCCCC. The molecule has 1 N–H and O–H groups in total. The van der Waals surface area contributed by atoms with E-state index in [0.717, 1.165) is 57.8 Å². The molecule has 374 valence electrons. The summed E-state index contributed by atoms with van der Waals surface area (Å²) >= 11 is 0. The summed E-state index contributed by atoms with van der Waals surface area (Å²) in [5.41, 5.74) is 0. The molecule has 0 aliphatic heterocycles. The van der Waals surface area contributed by atoms with Gasteiger partial charge in [-0.05, 0) is 77.0 Å². The highest BCUT2D eigenvalue weighted by atomic mass is 16.6. The van der Waals surface area contributed by atoms with Crippen molar-refractivity contribution in [3.63, 3.8) is 0 Å². The molecule has 0 aliphatic rings. The Labute approximate surface area is 398 Å². The third-order valence-corrected chi connectivity index (χ3v) is 12.6. The predicted octanol–water partition coefficient (Wildman–Crippen LogP) is 18.9. The van der Waals surface area contributed by atoms with Crippen LogP contribution in [-0.2, 0) is 19.1 Å². The highest BCUT2D eigenvalue weighted by Crippen LogP contribution is 2.16. The van der Waals surface area contributed by atoms with Crippen LogP contribution in [-0.4, -0.2) is 36.4 Å². The minimum absolute atomic E-state index is 0.0693. The largest absolute Gasteiger partial charge is 0.462 e. The summed E-state index contributed by atoms with van der Waals surface area (Å²) in [4.78, 5) is 24.5. The molecule has 5 heteroatoms. The van der Waals surface area contributed by atoms with Gasteiger partial charge in [-0.25, -0.2) is 0 Å². The van der Waals surface area contributed by atoms with Gasteiger partial charge in [-0.1, -0.05) is 255 Å². The van der Waals surface area contributed by atoms with Crippen LogP contribution < -0.4 is 0 Å². The average Bonchev–Trinajstić information content (AvgIpc) is 3.30. The maximum absolute atomic E-state index is 12.3. The summed E-state index contributed by atoms with van der Waals surface area (Å²) in [5, 5.41) is 9.64. The molecule has 0 aromatic rings. The summed E-state index contributed by atoms with van der Waals surface area (Å²) in [6, 6.07) is 0. The molecule has 0 heterocycles. The molecule has 0 aromatic heterocycles. The molecule has 0 radical (unpaired) electrons. The lowest BCUT2D eigenvalue weighted by Gasteiger charge is -2.15. The number of esters is 2. The Morgan fingerprint density at radius 3 is 0.953 bits per heavy atom. The first-order valence-corrected chi connectivity index (χ1v) is 28.2. The minimum atomic E-state index is -0.779. The maximum atomic E-state index is 12.3. The van der Waals surface area contributed by atoms with Crippen LogP contribution in [0.1, 0.15) is 296 Å². The quantitative estimate of drug-likeness (QED) is 0.0374. The monoisotopic (exact) mass is 897 g/mol. The number of hydrogen-bond donors (Lipinski definition) is 1. The zero-order chi connectivity index (χ0) is 46.3. The molecule has 1 atom stereocenters. The number of hydrogen-bond acceptors (Lipinski definition) is 5. The first-order chi connectivity index (χ1) is 31.6. The van der Waals surface area contributed by atoms with Gasteiger partial charge in [0.2, 0.25) is 0 Å². The van der Waals surface area contributed by atoms with Gasteiger partial charge in [-0.15, -0.1) is 0 Å². The zero-order valence-electron chi connectivity index (χ0n) is 42.8. The van der Waals surface area contributed by atoms with Crippen molar-refractivity contribution in [2.24, 2.45) is 0 Å². The molecule has 0 saturated carbocycles. The Morgan fingerprint density at radius 2 is 0.625 bits per heavy atom. The van der Waals surface area contributed by atoms with Crippen molar-refractivity contribution < 1.29 is 24.2 Å². The van der Waals surface area contributed by atoms with E-state index in [1.807, 2.05) is 0 Å². The van der Waals surface area contributed by atoms with E-state index < -0.39 is 6.10 Å². The van der Waals surface area contributed by atoms with Crippen LogP contribution >= 0.6 is 0 Å². The molecule has 0 aliphatic carbocycles. The van der Waals surface area contributed by atoms with E-state index in [1.54, 1.807) is 0 Å². The first-order valence-electron chi connectivity index (χ1n) is 28.2. The second-order valence-corrected chi connectivity index (χ2v) is 19.0. The van der Waals surface area contributed by atoms with Gasteiger partial charge in [0, 0.05) is 12.8 Å². The summed E-state index contributed by atoms with van der Waals surface area (Å²) in [6.07, 6.45) is 72.3. The normalized spacial score (nSPS) is 12.5. The Kier molecular flexibility index (Phi) is 53.3. The van der Waals surface area contributed by atoms with Gasteiger partial charge in [-0.3, -0.25) is 9.59 Å². The van der Waals surface area contributed by atoms with Gasteiger partial charge in [-0.2, -0.15) is 0 Å². The molecule has 1 unspecified atom stereocenters. The number of aliphatic hydroxyl groups is 1. The van der Waals surface area contributed by atoms with Crippen molar-refractivity contribution in [1.29, 1.82) is 0 Å². The summed E-state index contributed by atoms with van der Waals surface area (Å²) in [6.45, 7) is 4.15. The van der Waals surface area contributed by atoms with Gasteiger partial charge in [0.1, 0.15) is 6.61 Å². The lowest BCUT2D eigenvalue weighted by molar-refractivity contribution is -0.161. The van der Waals surface area contributed by atoms with Crippen LogP contribution in [0.15, 0.2) is 48.6 Å². The lowest BCUT2D eigenvalue weighted by atomic mass is 10.0. The Balaban J connectivity index is 3.47. The first kappa shape index (κ1) is 61.9. The zero-order valence-corrected chi connectivity index (χ0v) is 42.8. The number of ether oxygens (including phenoxy) is 2. The van der Waals surface area contributed by atoms with Crippen LogP contribution in [0, 0.1) is 0 Å². The number of rotatable bonds is 52. The molecule has 0 spiro atoms. The van der Waals surface area contributed by atoms with Crippen LogP contribution in [0.4, 0.5) is 0 Å². The Bertz CT molecular complexity index is 1060.